The molecule has 3 atom stereocenters. The zero-order valence-electron chi connectivity index (χ0n) is 13.2. The highest BCUT2D eigenvalue weighted by atomic mass is 16.6. The maximum Gasteiger partial charge on any atom is 0.161 e. The van der Waals surface area contributed by atoms with Crippen molar-refractivity contribution in [3.8, 4) is 11.5 Å². The molecule has 2 aliphatic rings. The van der Waals surface area contributed by atoms with Gasteiger partial charge in [-0.3, -0.25) is 0 Å². The molecule has 1 aromatic carbocycles. The Kier molecular flexibility index (Phi) is 4.69. The molecule has 0 bridgehead atoms. The first-order valence-corrected chi connectivity index (χ1v) is 8.38. The Morgan fingerprint density at radius 1 is 1.19 bits per heavy atom. The maximum atomic E-state index is 5.74. The molecule has 3 unspecified atom stereocenters. The number of nitrogens with one attached hydrogen (secondary N) is 1. The standard InChI is InChI=1S/C18H27NO2/c1-3-13-5-4-6-14(11-13)18(19-2)15-7-8-16-17(12-15)21-10-9-20-16/h7-8,12-14,18-19H,3-6,9-11H2,1-2H3. The van der Waals surface area contributed by atoms with Crippen molar-refractivity contribution in [3.63, 3.8) is 0 Å². The van der Waals surface area contributed by atoms with E-state index in [9.17, 15) is 0 Å². The summed E-state index contributed by atoms with van der Waals surface area (Å²) in [5.74, 6) is 3.42. The summed E-state index contributed by atoms with van der Waals surface area (Å²) in [6.07, 6.45) is 6.76. The van der Waals surface area contributed by atoms with Crippen LogP contribution < -0.4 is 14.8 Å². The fourth-order valence-corrected chi connectivity index (χ4v) is 3.93. The molecule has 1 aromatic rings. The summed E-state index contributed by atoms with van der Waals surface area (Å²) < 4.78 is 11.4. The minimum atomic E-state index is 0.426. The second-order valence-electron chi connectivity index (χ2n) is 6.37. The van der Waals surface area contributed by atoms with E-state index in [2.05, 4.69) is 37.5 Å². The largest absolute Gasteiger partial charge is 0.486 e. The minimum absolute atomic E-state index is 0.426. The first-order valence-electron chi connectivity index (χ1n) is 8.38. The van der Waals surface area contributed by atoms with Crippen molar-refractivity contribution in [2.45, 2.75) is 45.1 Å². The van der Waals surface area contributed by atoms with Crippen LogP contribution in [0, 0.1) is 11.8 Å². The summed E-state index contributed by atoms with van der Waals surface area (Å²) in [6.45, 7) is 3.64. The van der Waals surface area contributed by atoms with Crippen molar-refractivity contribution in [3.05, 3.63) is 23.8 Å². The zero-order chi connectivity index (χ0) is 14.7. The summed E-state index contributed by atoms with van der Waals surface area (Å²) in [4.78, 5) is 0. The molecule has 3 rings (SSSR count). The number of hydrogen-bond acceptors (Lipinski definition) is 3. The Balaban J connectivity index is 1.79. The topological polar surface area (TPSA) is 30.5 Å². The molecule has 1 N–H and O–H groups in total. The van der Waals surface area contributed by atoms with Crippen LogP contribution in [-0.2, 0) is 0 Å². The van der Waals surface area contributed by atoms with Gasteiger partial charge in [0.2, 0.25) is 0 Å². The third kappa shape index (κ3) is 3.18. The third-order valence-corrected chi connectivity index (χ3v) is 5.11. The van der Waals surface area contributed by atoms with Crippen LogP contribution in [0.2, 0.25) is 0 Å². The van der Waals surface area contributed by atoms with Crippen LogP contribution in [0.1, 0.15) is 50.6 Å². The lowest BCUT2D eigenvalue weighted by Gasteiger charge is -2.35. The summed E-state index contributed by atoms with van der Waals surface area (Å²) in [7, 11) is 2.08. The molecular formula is C18H27NO2. The Bertz CT molecular complexity index is 474. The van der Waals surface area contributed by atoms with Crippen LogP contribution in [0.3, 0.4) is 0 Å². The van der Waals surface area contributed by atoms with Gasteiger partial charge in [0.15, 0.2) is 11.5 Å². The van der Waals surface area contributed by atoms with E-state index in [1.807, 2.05) is 0 Å². The van der Waals surface area contributed by atoms with Crippen molar-refractivity contribution in [2.24, 2.45) is 11.8 Å². The highest BCUT2D eigenvalue weighted by Gasteiger charge is 2.28. The normalized spacial score (nSPS) is 26.4. The van der Waals surface area contributed by atoms with E-state index in [-0.39, 0.29) is 0 Å². The van der Waals surface area contributed by atoms with Crippen LogP contribution in [-0.4, -0.2) is 20.3 Å². The van der Waals surface area contributed by atoms with E-state index in [0.717, 1.165) is 23.3 Å². The second-order valence-corrected chi connectivity index (χ2v) is 6.37. The smallest absolute Gasteiger partial charge is 0.161 e. The average molecular weight is 289 g/mol. The summed E-state index contributed by atoms with van der Waals surface area (Å²) >= 11 is 0. The van der Waals surface area contributed by atoms with Gasteiger partial charge in [0, 0.05) is 6.04 Å². The van der Waals surface area contributed by atoms with Crippen LogP contribution in [0.15, 0.2) is 18.2 Å². The van der Waals surface area contributed by atoms with Gasteiger partial charge >= 0.3 is 0 Å². The van der Waals surface area contributed by atoms with Crippen molar-refractivity contribution in [1.82, 2.24) is 5.32 Å². The molecule has 21 heavy (non-hydrogen) atoms. The first kappa shape index (κ1) is 14.7. The summed E-state index contributed by atoms with van der Waals surface area (Å²) in [5.41, 5.74) is 1.34. The van der Waals surface area contributed by atoms with Gasteiger partial charge in [-0.15, -0.1) is 0 Å². The monoisotopic (exact) mass is 289 g/mol. The Labute approximate surface area is 128 Å². The van der Waals surface area contributed by atoms with Crippen molar-refractivity contribution in [1.29, 1.82) is 0 Å². The predicted octanol–water partition coefficient (Wildman–Crippen LogP) is 3.93. The molecule has 116 valence electrons. The molecule has 1 aliphatic heterocycles. The quantitative estimate of drug-likeness (QED) is 0.911. The molecule has 1 heterocycles. The van der Waals surface area contributed by atoms with Gasteiger partial charge in [-0.1, -0.05) is 32.3 Å². The van der Waals surface area contributed by atoms with Crippen molar-refractivity contribution in [2.75, 3.05) is 20.3 Å². The maximum absolute atomic E-state index is 5.74. The lowest BCUT2D eigenvalue weighted by Crippen LogP contribution is -2.29. The Morgan fingerprint density at radius 3 is 2.76 bits per heavy atom. The van der Waals surface area contributed by atoms with Crippen molar-refractivity contribution < 1.29 is 9.47 Å². The highest BCUT2D eigenvalue weighted by molar-refractivity contribution is 5.44. The molecule has 0 aromatic heterocycles. The second kappa shape index (κ2) is 6.69. The number of benzene rings is 1. The van der Waals surface area contributed by atoms with Crippen LogP contribution in [0.5, 0.6) is 11.5 Å². The van der Waals surface area contributed by atoms with E-state index >= 15 is 0 Å². The molecule has 1 saturated carbocycles. The minimum Gasteiger partial charge on any atom is -0.486 e. The van der Waals surface area contributed by atoms with Crippen LogP contribution in [0.25, 0.3) is 0 Å². The van der Waals surface area contributed by atoms with Gasteiger partial charge in [-0.2, -0.15) is 0 Å². The lowest BCUT2D eigenvalue weighted by molar-refractivity contribution is 0.170. The zero-order valence-corrected chi connectivity index (χ0v) is 13.2. The van der Waals surface area contributed by atoms with Crippen molar-refractivity contribution >= 4 is 0 Å². The SMILES string of the molecule is CCC1CCCC(C(NC)c2ccc3c(c2)OCCO3)C1. The number of ether oxygens (including phenoxy) is 2. The fraction of sp³-hybridized carbons (Fsp3) is 0.667. The average Bonchev–Trinajstić information content (AvgIpc) is 2.56. The Hall–Kier alpha value is -1.22. The van der Waals surface area contributed by atoms with Gasteiger partial charge in [0.25, 0.3) is 0 Å². The van der Waals surface area contributed by atoms with Gasteiger partial charge in [-0.05, 0) is 49.4 Å². The molecule has 0 spiro atoms. The van der Waals surface area contributed by atoms with E-state index in [4.69, 9.17) is 9.47 Å². The molecule has 0 saturated heterocycles. The van der Waals surface area contributed by atoms with E-state index < -0.39 is 0 Å². The molecule has 3 nitrogen and oxygen atoms in total. The fourth-order valence-electron chi connectivity index (χ4n) is 3.93. The number of hydrogen-bond donors (Lipinski definition) is 1. The molecule has 3 heteroatoms. The van der Waals surface area contributed by atoms with Crippen LogP contribution in [0.4, 0.5) is 0 Å². The summed E-state index contributed by atoms with van der Waals surface area (Å²) in [6, 6.07) is 6.86. The molecule has 0 radical (unpaired) electrons. The highest BCUT2D eigenvalue weighted by Crippen LogP contribution is 2.40. The molecule has 0 amide bonds. The number of rotatable bonds is 4. The van der Waals surface area contributed by atoms with E-state index in [1.165, 1.54) is 37.7 Å². The van der Waals surface area contributed by atoms with Gasteiger partial charge in [0.1, 0.15) is 13.2 Å². The molecule has 1 fully saturated rings. The third-order valence-electron chi connectivity index (χ3n) is 5.11. The van der Waals surface area contributed by atoms with E-state index in [0.29, 0.717) is 19.3 Å². The number of fused-ring (bicyclic) bond motifs is 1. The molecule has 1 aliphatic carbocycles. The Morgan fingerprint density at radius 2 is 2.00 bits per heavy atom. The van der Waals surface area contributed by atoms with Gasteiger partial charge in [0.05, 0.1) is 0 Å². The lowest BCUT2D eigenvalue weighted by atomic mass is 9.75. The van der Waals surface area contributed by atoms with Crippen LogP contribution >= 0.6 is 0 Å². The predicted molar refractivity (Wildman–Crippen MR) is 85.0 cm³/mol. The molecular weight excluding hydrogens is 262 g/mol. The van der Waals surface area contributed by atoms with Gasteiger partial charge in [-0.25, -0.2) is 0 Å². The van der Waals surface area contributed by atoms with E-state index in [1.54, 1.807) is 0 Å². The summed E-state index contributed by atoms with van der Waals surface area (Å²) in [5, 5.41) is 3.54. The first-order chi connectivity index (χ1) is 10.3. The van der Waals surface area contributed by atoms with Gasteiger partial charge < -0.3 is 14.8 Å².